The third kappa shape index (κ3) is 4.20. The Morgan fingerprint density at radius 1 is 1.24 bits per heavy atom. The number of hydrogen-bond acceptors (Lipinski definition) is 3. The lowest BCUT2D eigenvalue weighted by Crippen LogP contribution is -2.30. The molecule has 1 aromatic carbocycles. The molecule has 2 N–H and O–H groups in total. The number of carbonyl (C=O) groups excluding carboxylic acids is 1. The SMILES string of the molecule is CC[C@@H](C(=O)NCC[C@@H](O)c1ccco1)c1ccccc1. The lowest BCUT2D eigenvalue weighted by molar-refractivity contribution is -0.122. The highest BCUT2D eigenvalue weighted by Crippen LogP contribution is 2.20. The molecule has 4 nitrogen and oxygen atoms in total. The summed E-state index contributed by atoms with van der Waals surface area (Å²) in [7, 11) is 0. The summed E-state index contributed by atoms with van der Waals surface area (Å²) in [5.74, 6) is 0.377. The number of carbonyl (C=O) groups is 1. The van der Waals surface area contributed by atoms with Crippen LogP contribution < -0.4 is 5.32 Å². The molecule has 0 bridgehead atoms. The molecule has 0 spiro atoms. The van der Waals surface area contributed by atoms with Crippen molar-refractivity contribution in [2.75, 3.05) is 6.54 Å². The normalized spacial score (nSPS) is 13.6. The first-order valence-corrected chi connectivity index (χ1v) is 7.26. The Bertz CT molecular complexity index is 536. The molecule has 0 aliphatic heterocycles. The molecule has 0 radical (unpaired) electrons. The Morgan fingerprint density at radius 2 is 2.00 bits per heavy atom. The summed E-state index contributed by atoms with van der Waals surface area (Å²) in [6.45, 7) is 2.42. The number of amides is 1. The van der Waals surface area contributed by atoms with Crippen LogP contribution in [0.5, 0.6) is 0 Å². The van der Waals surface area contributed by atoms with Crippen LogP contribution in [0, 0.1) is 0 Å². The van der Waals surface area contributed by atoms with E-state index >= 15 is 0 Å². The number of hydrogen-bond donors (Lipinski definition) is 2. The fourth-order valence-corrected chi connectivity index (χ4v) is 2.34. The highest BCUT2D eigenvalue weighted by Gasteiger charge is 2.18. The molecular weight excluding hydrogens is 266 g/mol. The number of nitrogens with one attached hydrogen (secondary N) is 1. The van der Waals surface area contributed by atoms with E-state index in [9.17, 15) is 9.90 Å². The summed E-state index contributed by atoms with van der Waals surface area (Å²) in [4.78, 5) is 12.2. The average Bonchev–Trinajstić information content (AvgIpc) is 3.03. The first kappa shape index (κ1) is 15.3. The molecule has 2 rings (SSSR count). The predicted octanol–water partition coefficient (Wildman–Crippen LogP) is 3.01. The largest absolute Gasteiger partial charge is 0.467 e. The molecule has 0 unspecified atom stereocenters. The zero-order valence-electron chi connectivity index (χ0n) is 12.2. The number of aliphatic hydroxyl groups excluding tert-OH is 1. The first-order valence-electron chi connectivity index (χ1n) is 7.26. The minimum atomic E-state index is -0.683. The molecule has 2 aromatic rings. The molecule has 0 fully saturated rings. The van der Waals surface area contributed by atoms with Crippen LogP contribution in [0.25, 0.3) is 0 Å². The molecule has 1 heterocycles. The van der Waals surface area contributed by atoms with E-state index in [0.717, 1.165) is 12.0 Å². The van der Waals surface area contributed by atoms with Crippen molar-refractivity contribution >= 4 is 5.91 Å². The van der Waals surface area contributed by atoms with Gasteiger partial charge in [-0.25, -0.2) is 0 Å². The van der Waals surface area contributed by atoms with Crippen LogP contribution in [0.15, 0.2) is 53.1 Å². The maximum atomic E-state index is 12.2. The van der Waals surface area contributed by atoms with Crippen LogP contribution in [-0.4, -0.2) is 17.6 Å². The van der Waals surface area contributed by atoms with Gasteiger partial charge in [-0.3, -0.25) is 4.79 Å². The fourth-order valence-electron chi connectivity index (χ4n) is 2.34. The van der Waals surface area contributed by atoms with Gasteiger partial charge in [0.2, 0.25) is 5.91 Å². The van der Waals surface area contributed by atoms with Gasteiger partial charge in [0.15, 0.2) is 0 Å². The second-order valence-electron chi connectivity index (χ2n) is 4.98. The number of furan rings is 1. The molecule has 4 heteroatoms. The van der Waals surface area contributed by atoms with E-state index in [0.29, 0.717) is 18.7 Å². The molecule has 0 saturated carbocycles. The molecule has 112 valence electrons. The van der Waals surface area contributed by atoms with Crippen LogP contribution in [0.4, 0.5) is 0 Å². The number of rotatable bonds is 7. The van der Waals surface area contributed by atoms with Gasteiger partial charge in [-0.05, 0) is 30.5 Å². The van der Waals surface area contributed by atoms with Crippen LogP contribution in [0.1, 0.15) is 43.1 Å². The quantitative estimate of drug-likeness (QED) is 0.823. The van der Waals surface area contributed by atoms with Gasteiger partial charge >= 0.3 is 0 Å². The van der Waals surface area contributed by atoms with Gasteiger partial charge in [-0.1, -0.05) is 37.3 Å². The maximum Gasteiger partial charge on any atom is 0.227 e. The summed E-state index contributed by atoms with van der Waals surface area (Å²) < 4.78 is 5.13. The van der Waals surface area contributed by atoms with Gasteiger partial charge in [0.25, 0.3) is 0 Å². The van der Waals surface area contributed by atoms with E-state index in [4.69, 9.17) is 4.42 Å². The molecule has 21 heavy (non-hydrogen) atoms. The fraction of sp³-hybridized carbons (Fsp3) is 0.353. The van der Waals surface area contributed by atoms with Crippen molar-refractivity contribution < 1.29 is 14.3 Å². The lowest BCUT2D eigenvalue weighted by Gasteiger charge is -2.16. The van der Waals surface area contributed by atoms with Crippen molar-refractivity contribution in [3.63, 3.8) is 0 Å². The zero-order valence-corrected chi connectivity index (χ0v) is 12.2. The monoisotopic (exact) mass is 287 g/mol. The minimum Gasteiger partial charge on any atom is -0.467 e. The molecule has 0 aliphatic carbocycles. The van der Waals surface area contributed by atoms with Crippen LogP contribution >= 0.6 is 0 Å². The van der Waals surface area contributed by atoms with Crippen molar-refractivity contribution in [3.8, 4) is 0 Å². The average molecular weight is 287 g/mol. The van der Waals surface area contributed by atoms with Gasteiger partial charge in [-0.15, -0.1) is 0 Å². The number of benzene rings is 1. The van der Waals surface area contributed by atoms with E-state index in [1.807, 2.05) is 37.3 Å². The highest BCUT2D eigenvalue weighted by molar-refractivity contribution is 5.83. The molecular formula is C17H21NO3. The Balaban J connectivity index is 1.83. The molecule has 2 atom stereocenters. The second kappa shape index (κ2) is 7.64. The second-order valence-corrected chi connectivity index (χ2v) is 4.98. The summed E-state index contributed by atoms with van der Waals surface area (Å²) in [6.07, 6.45) is 2.03. The van der Waals surface area contributed by atoms with Crippen LogP contribution in [-0.2, 0) is 4.79 Å². The summed E-state index contributed by atoms with van der Waals surface area (Å²) in [6, 6.07) is 13.2. The van der Waals surface area contributed by atoms with E-state index in [1.54, 1.807) is 12.1 Å². The third-order valence-corrected chi connectivity index (χ3v) is 3.52. The van der Waals surface area contributed by atoms with Gasteiger partial charge in [-0.2, -0.15) is 0 Å². The lowest BCUT2D eigenvalue weighted by atomic mass is 9.95. The van der Waals surface area contributed by atoms with Crippen molar-refractivity contribution in [1.82, 2.24) is 5.32 Å². The summed E-state index contributed by atoms with van der Waals surface area (Å²) in [5, 5.41) is 12.8. The van der Waals surface area contributed by atoms with Crippen molar-refractivity contribution in [2.45, 2.75) is 31.8 Å². The molecule has 1 amide bonds. The minimum absolute atomic E-state index is 0.00431. The van der Waals surface area contributed by atoms with Gasteiger partial charge in [0.05, 0.1) is 12.2 Å². The first-order chi connectivity index (χ1) is 10.2. The van der Waals surface area contributed by atoms with Gasteiger partial charge in [0.1, 0.15) is 11.9 Å². The molecule has 1 aromatic heterocycles. The Labute approximate surface area is 124 Å². The van der Waals surface area contributed by atoms with E-state index < -0.39 is 6.10 Å². The van der Waals surface area contributed by atoms with Crippen LogP contribution in [0.3, 0.4) is 0 Å². The summed E-state index contributed by atoms with van der Waals surface area (Å²) in [5.41, 5.74) is 1.02. The smallest absolute Gasteiger partial charge is 0.227 e. The Morgan fingerprint density at radius 3 is 2.62 bits per heavy atom. The predicted molar refractivity (Wildman–Crippen MR) is 80.8 cm³/mol. The Hall–Kier alpha value is -2.07. The van der Waals surface area contributed by atoms with Crippen molar-refractivity contribution in [1.29, 1.82) is 0 Å². The van der Waals surface area contributed by atoms with Crippen molar-refractivity contribution in [2.24, 2.45) is 0 Å². The third-order valence-electron chi connectivity index (χ3n) is 3.52. The van der Waals surface area contributed by atoms with Gasteiger partial charge < -0.3 is 14.8 Å². The van der Waals surface area contributed by atoms with Crippen LogP contribution in [0.2, 0.25) is 0 Å². The van der Waals surface area contributed by atoms with E-state index in [1.165, 1.54) is 6.26 Å². The topological polar surface area (TPSA) is 62.5 Å². The standard InChI is InChI=1S/C17H21NO3/c1-2-14(13-7-4-3-5-8-13)17(20)18-11-10-15(19)16-9-6-12-21-16/h3-9,12,14-15,19H,2,10-11H2,1H3,(H,18,20)/t14-,15-/m1/s1. The molecule has 0 saturated heterocycles. The maximum absolute atomic E-state index is 12.2. The van der Waals surface area contributed by atoms with E-state index in [2.05, 4.69) is 5.32 Å². The highest BCUT2D eigenvalue weighted by atomic mass is 16.4. The van der Waals surface area contributed by atoms with E-state index in [-0.39, 0.29) is 11.8 Å². The molecule has 0 aliphatic rings. The van der Waals surface area contributed by atoms with Gasteiger partial charge in [0, 0.05) is 6.54 Å². The summed E-state index contributed by atoms with van der Waals surface area (Å²) >= 11 is 0. The zero-order chi connectivity index (χ0) is 15.1. The van der Waals surface area contributed by atoms with Crippen molar-refractivity contribution in [3.05, 3.63) is 60.1 Å². The Kier molecular flexibility index (Phi) is 5.58. The number of aliphatic hydroxyl groups is 1.